The molecule has 1 aromatic heterocycles. The van der Waals surface area contributed by atoms with Crippen molar-refractivity contribution in [3.05, 3.63) is 33.6 Å². The highest BCUT2D eigenvalue weighted by molar-refractivity contribution is 7.13. The fraction of sp³-hybridized carbons (Fsp3) is 0.154. The number of fused-ring (bicyclic) bond motifs is 1. The van der Waals surface area contributed by atoms with Crippen molar-refractivity contribution in [3.8, 4) is 11.3 Å². The van der Waals surface area contributed by atoms with E-state index in [-0.39, 0.29) is 5.91 Å². The van der Waals surface area contributed by atoms with Crippen LogP contribution >= 0.6 is 11.3 Å². The van der Waals surface area contributed by atoms with Crippen molar-refractivity contribution in [3.63, 3.8) is 0 Å². The average Bonchev–Trinajstić information content (AvgIpc) is 2.89. The Hall–Kier alpha value is -2.01. The Morgan fingerprint density at radius 1 is 1.44 bits per heavy atom. The van der Waals surface area contributed by atoms with Gasteiger partial charge in [-0.25, -0.2) is 4.98 Å². The molecule has 2 aromatic rings. The summed E-state index contributed by atoms with van der Waals surface area (Å²) < 4.78 is 0. The molecule has 0 spiro atoms. The van der Waals surface area contributed by atoms with Crippen LogP contribution in [0, 0.1) is 6.92 Å². The molecule has 0 atom stereocenters. The second kappa shape index (κ2) is 4.03. The lowest BCUT2D eigenvalue weighted by Gasteiger charge is -2.02. The number of nitrogens with one attached hydrogen (secondary N) is 1. The molecule has 90 valence electrons. The lowest BCUT2D eigenvalue weighted by Crippen LogP contribution is -2.03. The number of anilines is 1. The zero-order valence-electron chi connectivity index (χ0n) is 9.69. The number of amides is 1. The van der Waals surface area contributed by atoms with E-state index >= 15 is 0 Å². The van der Waals surface area contributed by atoms with E-state index in [0.29, 0.717) is 11.4 Å². The number of thiazole rings is 1. The first-order chi connectivity index (χ1) is 8.67. The molecule has 3 rings (SSSR count). The Bertz CT molecular complexity index is 661. The second-order valence-electron chi connectivity index (χ2n) is 4.17. The Morgan fingerprint density at radius 2 is 2.28 bits per heavy atom. The first kappa shape index (κ1) is 11.1. The minimum atomic E-state index is 0.0192. The summed E-state index contributed by atoms with van der Waals surface area (Å²) in [6, 6.07) is 5.76. The molecule has 0 radical (unpaired) electrons. The quantitative estimate of drug-likeness (QED) is 0.842. The third-order valence-electron chi connectivity index (χ3n) is 2.92. The maximum atomic E-state index is 11.3. The van der Waals surface area contributed by atoms with Crippen LogP contribution < -0.4 is 5.32 Å². The molecule has 2 heterocycles. The number of carbonyl (C=O) groups excluding carboxylic acids is 2. The molecular formula is C13H10N2O2S. The van der Waals surface area contributed by atoms with E-state index in [0.717, 1.165) is 33.7 Å². The first-order valence-corrected chi connectivity index (χ1v) is 6.35. The number of hydrogen-bond acceptors (Lipinski definition) is 4. The van der Waals surface area contributed by atoms with Crippen LogP contribution in [-0.2, 0) is 11.2 Å². The highest BCUT2D eigenvalue weighted by Gasteiger charge is 2.19. The van der Waals surface area contributed by atoms with E-state index in [9.17, 15) is 9.59 Å². The van der Waals surface area contributed by atoms with Crippen molar-refractivity contribution in [1.82, 2.24) is 4.98 Å². The molecule has 0 fully saturated rings. The van der Waals surface area contributed by atoms with Crippen LogP contribution in [0.3, 0.4) is 0 Å². The SMILES string of the molecule is Cc1sc(C=O)nc1-c1ccc2c(c1)CC(=O)N2. The number of aromatic nitrogens is 1. The van der Waals surface area contributed by atoms with Gasteiger partial charge in [-0.1, -0.05) is 6.07 Å². The molecule has 4 nitrogen and oxygen atoms in total. The third kappa shape index (κ3) is 1.73. The zero-order valence-corrected chi connectivity index (χ0v) is 10.5. The Labute approximate surface area is 108 Å². The van der Waals surface area contributed by atoms with Gasteiger partial charge in [0, 0.05) is 16.1 Å². The molecule has 1 N–H and O–H groups in total. The number of aryl methyl sites for hydroxylation is 1. The van der Waals surface area contributed by atoms with E-state index in [1.54, 1.807) is 0 Å². The fourth-order valence-electron chi connectivity index (χ4n) is 2.11. The van der Waals surface area contributed by atoms with Gasteiger partial charge >= 0.3 is 0 Å². The molecule has 0 saturated heterocycles. The van der Waals surface area contributed by atoms with Crippen molar-refractivity contribution in [2.24, 2.45) is 0 Å². The van der Waals surface area contributed by atoms with Gasteiger partial charge in [0.25, 0.3) is 0 Å². The number of rotatable bonds is 2. The molecular weight excluding hydrogens is 248 g/mol. The van der Waals surface area contributed by atoms with Crippen molar-refractivity contribution < 1.29 is 9.59 Å². The van der Waals surface area contributed by atoms with Gasteiger partial charge in [-0.15, -0.1) is 11.3 Å². The van der Waals surface area contributed by atoms with E-state index < -0.39 is 0 Å². The normalized spacial score (nSPS) is 13.3. The molecule has 5 heteroatoms. The van der Waals surface area contributed by atoms with Crippen LogP contribution in [0.1, 0.15) is 20.2 Å². The van der Waals surface area contributed by atoms with Gasteiger partial charge in [-0.3, -0.25) is 9.59 Å². The van der Waals surface area contributed by atoms with E-state index in [4.69, 9.17) is 0 Å². The van der Waals surface area contributed by atoms with Gasteiger partial charge in [-0.05, 0) is 24.6 Å². The molecule has 1 aromatic carbocycles. The predicted molar refractivity (Wildman–Crippen MR) is 70.0 cm³/mol. The summed E-state index contributed by atoms with van der Waals surface area (Å²) in [7, 11) is 0. The molecule has 0 unspecified atom stereocenters. The van der Waals surface area contributed by atoms with Crippen molar-refractivity contribution in [2.75, 3.05) is 5.32 Å². The van der Waals surface area contributed by atoms with Crippen molar-refractivity contribution >= 4 is 29.2 Å². The van der Waals surface area contributed by atoms with Crippen molar-refractivity contribution in [2.45, 2.75) is 13.3 Å². The Morgan fingerprint density at radius 3 is 3.00 bits per heavy atom. The summed E-state index contributed by atoms with van der Waals surface area (Å²) in [5.74, 6) is 0.0192. The summed E-state index contributed by atoms with van der Waals surface area (Å²) in [6.45, 7) is 1.94. The lowest BCUT2D eigenvalue weighted by atomic mass is 10.1. The first-order valence-electron chi connectivity index (χ1n) is 5.53. The maximum absolute atomic E-state index is 11.3. The predicted octanol–water partition coefficient (Wildman–Crippen LogP) is 2.43. The number of hydrogen-bond donors (Lipinski definition) is 1. The Balaban J connectivity index is 2.07. The van der Waals surface area contributed by atoms with Crippen molar-refractivity contribution in [1.29, 1.82) is 0 Å². The largest absolute Gasteiger partial charge is 0.326 e. The van der Waals surface area contributed by atoms with Gasteiger partial charge in [0.2, 0.25) is 5.91 Å². The Kier molecular flexibility index (Phi) is 2.48. The topological polar surface area (TPSA) is 59.1 Å². The second-order valence-corrected chi connectivity index (χ2v) is 5.41. The number of aldehydes is 1. The smallest absolute Gasteiger partial charge is 0.228 e. The number of carbonyl (C=O) groups is 2. The van der Waals surface area contributed by atoms with E-state index in [2.05, 4.69) is 10.3 Å². The average molecular weight is 258 g/mol. The molecule has 1 aliphatic heterocycles. The van der Waals surface area contributed by atoms with Crippen LogP contribution in [-0.4, -0.2) is 17.2 Å². The minimum absolute atomic E-state index is 0.0192. The fourth-order valence-corrected chi connectivity index (χ4v) is 2.87. The standard InChI is InChI=1S/C13H10N2O2S/c1-7-13(15-12(6-16)18-7)8-2-3-10-9(4-8)5-11(17)14-10/h2-4,6H,5H2,1H3,(H,14,17). The molecule has 0 bridgehead atoms. The zero-order chi connectivity index (χ0) is 12.7. The van der Waals surface area contributed by atoms with E-state index in [1.807, 2.05) is 25.1 Å². The molecule has 0 saturated carbocycles. The monoisotopic (exact) mass is 258 g/mol. The maximum Gasteiger partial charge on any atom is 0.228 e. The summed E-state index contributed by atoms with van der Waals surface area (Å²) in [5, 5.41) is 3.28. The van der Waals surface area contributed by atoms with Gasteiger partial charge < -0.3 is 5.32 Å². The number of nitrogens with zero attached hydrogens (tertiary/aromatic N) is 1. The minimum Gasteiger partial charge on any atom is -0.326 e. The molecule has 1 aliphatic rings. The van der Waals surface area contributed by atoms with Gasteiger partial charge in [-0.2, -0.15) is 0 Å². The molecule has 1 amide bonds. The molecule has 0 aliphatic carbocycles. The third-order valence-corrected chi connectivity index (χ3v) is 3.81. The summed E-state index contributed by atoms with van der Waals surface area (Å²) in [6.07, 6.45) is 1.17. The van der Waals surface area contributed by atoms with Crippen LogP contribution in [0.4, 0.5) is 5.69 Å². The van der Waals surface area contributed by atoms with Gasteiger partial charge in [0.1, 0.15) is 0 Å². The van der Waals surface area contributed by atoms with Crippen LogP contribution in [0.15, 0.2) is 18.2 Å². The van der Waals surface area contributed by atoms with Crippen LogP contribution in [0.2, 0.25) is 0 Å². The highest BCUT2D eigenvalue weighted by Crippen LogP contribution is 2.31. The van der Waals surface area contributed by atoms with Crippen LogP contribution in [0.5, 0.6) is 0 Å². The highest BCUT2D eigenvalue weighted by atomic mass is 32.1. The number of benzene rings is 1. The lowest BCUT2D eigenvalue weighted by molar-refractivity contribution is -0.115. The summed E-state index contributed by atoms with van der Waals surface area (Å²) in [5.41, 5.74) is 3.63. The molecule has 18 heavy (non-hydrogen) atoms. The van der Waals surface area contributed by atoms with Gasteiger partial charge in [0.15, 0.2) is 11.3 Å². The van der Waals surface area contributed by atoms with E-state index in [1.165, 1.54) is 11.3 Å². The summed E-state index contributed by atoms with van der Waals surface area (Å²) in [4.78, 5) is 27.3. The van der Waals surface area contributed by atoms with Crippen LogP contribution in [0.25, 0.3) is 11.3 Å². The van der Waals surface area contributed by atoms with Gasteiger partial charge in [0.05, 0.1) is 12.1 Å². The summed E-state index contributed by atoms with van der Waals surface area (Å²) >= 11 is 1.38.